The van der Waals surface area contributed by atoms with Crippen LogP contribution in [0.25, 0.3) is 0 Å². The first-order chi connectivity index (χ1) is 6.52. The van der Waals surface area contributed by atoms with Gasteiger partial charge in [0.2, 0.25) is 0 Å². The topological polar surface area (TPSA) is 55.1 Å². The number of carboxylic acid groups (broad SMARTS) is 1. The Morgan fingerprint density at radius 3 is 2.71 bits per heavy atom. The van der Waals surface area contributed by atoms with E-state index in [1.165, 1.54) is 0 Å². The lowest BCUT2D eigenvalue weighted by Gasteiger charge is -2.15. The summed E-state index contributed by atoms with van der Waals surface area (Å²) in [5.41, 5.74) is 0.988. The molecule has 1 unspecified atom stereocenters. The maximum absolute atomic E-state index is 10.6. The Hall–Kier alpha value is -1.32. The van der Waals surface area contributed by atoms with Crippen LogP contribution in [0.3, 0.4) is 0 Å². The van der Waals surface area contributed by atoms with Gasteiger partial charge in [-0.2, -0.15) is 0 Å². The molecule has 78 valence electrons. The SMILES string of the molecule is CC(CC(=O)O)c1cncn1C(C)C. The van der Waals surface area contributed by atoms with Crippen LogP contribution in [-0.2, 0) is 4.79 Å². The minimum Gasteiger partial charge on any atom is -0.481 e. The lowest BCUT2D eigenvalue weighted by molar-refractivity contribution is -0.137. The molecule has 0 aliphatic carbocycles. The van der Waals surface area contributed by atoms with Crippen molar-refractivity contribution in [2.24, 2.45) is 0 Å². The third-order valence-electron chi connectivity index (χ3n) is 2.24. The average Bonchev–Trinajstić information content (AvgIpc) is 2.49. The molecule has 0 saturated heterocycles. The number of hydrogen-bond donors (Lipinski definition) is 1. The normalized spacial score (nSPS) is 13.1. The molecule has 1 heterocycles. The van der Waals surface area contributed by atoms with Crippen molar-refractivity contribution >= 4 is 5.97 Å². The quantitative estimate of drug-likeness (QED) is 0.801. The molecule has 14 heavy (non-hydrogen) atoms. The van der Waals surface area contributed by atoms with Gasteiger partial charge < -0.3 is 9.67 Å². The standard InChI is InChI=1S/C10H16N2O2/c1-7(2)12-6-11-5-9(12)8(3)4-10(13)14/h5-8H,4H2,1-3H3,(H,13,14). The maximum Gasteiger partial charge on any atom is 0.304 e. The molecule has 0 aromatic carbocycles. The first kappa shape index (κ1) is 10.8. The molecule has 1 rings (SSSR count). The zero-order valence-electron chi connectivity index (χ0n) is 8.77. The first-order valence-electron chi connectivity index (χ1n) is 4.76. The van der Waals surface area contributed by atoms with Gasteiger partial charge >= 0.3 is 5.97 Å². The molecule has 4 heteroatoms. The molecular weight excluding hydrogens is 180 g/mol. The highest BCUT2D eigenvalue weighted by Gasteiger charge is 2.15. The first-order valence-corrected chi connectivity index (χ1v) is 4.76. The Labute approximate surface area is 83.6 Å². The van der Waals surface area contributed by atoms with Crippen LogP contribution in [-0.4, -0.2) is 20.6 Å². The van der Waals surface area contributed by atoms with Crippen molar-refractivity contribution in [2.45, 2.75) is 39.2 Å². The molecule has 0 fully saturated rings. The number of hydrogen-bond acceptors (Lipinski definition) is 2. The molecule has 1 atom stereocenters. The molecule has 0 aliphatic heterocycles. The molecule has 0 aliphatic rings. The van der Waals surface area contributed by atoms with Gasteiger partial charge in [0.05, 0.1) is 12.7 Å². The monoisotopic (exact) mass is 196 g/mol. The van der Waals surface area contributed by atoms with Crippen molar-refractivity contribution in [1.29, 1.82) is 0 Å². The fourth-order valence-corrected chi connectivity index (χ4v) is 1.49. The van der Waals surface area contributed by atoms with Gasteiger partial charge in [-0.15, -0.1) is 0 Å². The molecule has 0 amide bonds. The molecular formula is C10H16N2O2. The highest BCUT2D eigenvalue weighted by molar-refractivity contribution is 5.67. The van der Waals surface area contributed by atoms with Gasteiger partial charge in [0.15, 0.2) is 0 Å². The fourth-order valence-electron chi connectivity index (χ4n) is 1.49. The van der Waals surface area contributed by atoms with Gasteiger partial charge in [-0.3, -0.25) is 4.79 Å². The number of carboxylic acids is 1. The zero-order chi connectivity index (χ0) is 10.7. The summed E-state index contributed by atoms with van der Waals surface area (Å²) in [6.45, 7) is 6.02. The summed E-state index contributed by atoms with van der Waals surface area (Å²) >= 11 is 0. The van der Waals surface area contributed by atoms with Gasteiger partial charge in [0, 0.05) is 23.9 Å². The summed E-state index contributed by atoms with van der Waals surface area (Å²) in [7, 11) is 0. The third-order valence-corrected chi connectivity index (χ3v) is 2.24. The van der Waals surface area contributed by atoms with Gasteiger partial charge in [0.25, 0.3) is 0 Å². The Balaban J connectivity index is 2.83. The van der Waals surface area contributed by atoms with E-state index in [-0.39, 0.29) is 12.3 Å². The number of aliphatic carboxylic acids is 1. The molecule has 0 spiro atoms. The van der Waals surface area contributed by atoms with E-state index in [1.807, 2.05) is 11.5 Å². The Morgan fingerprint density at radius 2 is 2.21 bits per heavy atom. The summed E-state index contributed by atoms with van der Waals surface area (Å²) in [6.07, 6.45) is 3.64. The predicted molar refractivity (Wildman–Crippen MR) is 53.3 cm³/mol. The molecule has 4 nitrogen and oxygen atoms in total. The number of rotatable bonds is 4. The van der Waals surface area contributed by atoms with E-state index in [0.717, 1.165) is 5.69 Å². The van der Waals surface area contributed by atoms with Crippen molar-refractivity contribution < 1.29 is 9.90 Å². The van der Waals surface area contributed by atoms with Gasteiger partial charge in [-0.05, 0) is 13.8 Å². The molecule has 0 bridgehead atoms. The summed E-state index contributed by atoms with van der Waals surface area (Å²) in [4.78, 5) is 14.6. The minimum absolute atomic E-state index is 0.0115. The van der Waals surface area contributed by atoms with Crippen LogP contribution in [0.2, 0.25) is 0 Å². The van der Waals surface area contributed by atoms with Crippen molar-refractivity contribution in [2.75, 3.05) is 0 Å². The zero-order valence-corrected chi connectivity index (χ0v) is 8.77. The van der Waals surface area contributed by atoms with Crippen LogP contribution in [0.1, 0.15) is 44.8 Å². The molecule has 0 radical (unpaired) electrons. The fraction of sp³-hybridized carbons (Fsp3) is 0.600. The van der Waals surface area contributed by atoms with E-state index < -0.39 is 5.97 Å². The average molecular weight is 196 g/mol. The van der Waals surface area contributed by atoms with Crippen LogP contribution in [0.4, 0.5) is 0 Å². The molecule has 1 aromatic heterocycles. The second kappa shape index (κ2) is 4.26. The summed E-state index contributed by atoms with van der Waals surface area (Å²) in [6, 6.07) is 0.323. The number of imidazole rings is 1. The Bertz CT molecular complexity index is 318. The van der Waals surface area contributed by atoms with Crippen LogP contribution in [0, 0.1) is 0 Å². The van der Waals surface area contributed by atoms with Gasteiger partial charge in [0.1, 0.15) is 0 Å². The smallest absolute Gasteiger partial charge is 0.304 e. The minimum atomic E-state index is -0.769. The van der Waals surface area contributed by atoms with E-state index in [2.05, 4.69) is 18.8 Å². The number of nitrogens with zero attached hydrogens (tertiary/aromatic N) is 2. The second-order valence-corrected chi connectivity index (χ2v) is 3.82. The van der Waals surface area contributed by atoms with Crippen LogP contribution < -0.4 is 0 Å². The van der Waals surface area contributed by atoms with Crippen molar-refractivity contribution in [3.63, 3.8) is 0 Å². The molecule has 1 N–H and O–H groups in total. The van der Waals surface area contributed by atoms with Crippen LogP contribution in [0.5, 0.6) is 0 Å². The second-order valence-electron chi connectivity index (χ2n) is 3.82. The Kier molecular flexibility index (Phi) is 3.28. The summed E-state index contributed by atoms with van der Waals surface area (Å²) < 4.78 is 2.01. The number of aromatic nitrogens is 2. The largest absolute Gasteiger partial charge is 0.481 e. The molecule has 1 aromatic rings. The van der Waals surface area contributed by atoms with E-state index in [0.29, 0.717) is 6.04 Å². The van der Waals surface area contributed by atoms with E-state index >= 15 is 0 Å². The highest BCUT2D eigenvalue weighted by Crippen LogP contribution is 2.21. The predicted octanol–water partition coefficient (Wildman–Crippen LogP) is 2.04. The van der Waals surface area contributed by atoms with Crippen molar-refractivity contribution in [3.05, 3.63) is 18.2 Å². The highest BCUT2D eigenvalue weighted by atomic mass is 16.4. The Morgan fingerprint density at radius 1 is 1.57 bits per heavy atom. The van der Waals surface area contributed by atoms with Crippen LogP contribution in [0.15, 0.2) is 12.5 Å². The lowest BCUT2D eigenvalue weighted by atomic mass is 10.0. The lowest BCUT2D eigenvalue weighted by Crippen LogP contribution is -2.10. The summed E-state index contributed by atoms with van der Waals surface area (Å²) in [5, 5.41) is 8.68. The van der Waals surface area contributed by atoms with Crippen LogP contribution >= 0.6 is 0 Å². The van der Waals surface area contributed by atoms with E-state index in [4.69, 9.17) is 5.11 Å². The van der Waals surface area contributed by atoms with Gasteiger partial charge in [-0.25, -0.2) is 4.98 Å². The van der Waals surface area contributed by atoms with E-state index in [1.54, 1.807) is 12.5 Å². The van der Waals surface area contributed by atoms with Crippen molar-refractivity contribution in [1.82, 2.24) is 9.55 Å². The molecule has 0 saturated carbocycles. The summed E-state index contributed by atoms with van der Waals surface area (Å²) in [5.74, 6) is -0.758. The third kappa shape index (κ3) is 2.34. The van der Waals surface area contributed by atoms with Gasteiger partial charge in [-0.1, -0.05) is 6.92 Å². The van der Waals surface area contributed by atoms with E-state index in [9.17, 15) is 4.79 Å². The van der Waals surface area contributed by atoms with Crippen molar-refractivity contribution in [3.8, 4) is 0 Å². The maximum atomic E-state index is 10.6. The number of carbonyl (C=O) groups is 1.